The molecule has 1 saturated carbocycles. The van der Waals surface area contributed by atoms with E-state index in [-0.39, 0.29) is 17.1 Å². The Balaban J connectivity index is 1.54. The number of methoxy groups -OCH3 is 1. The van der Waals surface area contributed by atoms with Gasteiger partial charge in [0.25, 0.3) is 0 Å². The number of aromatic nitrogens is 4. The Morgan fingerprint density at radius 1 is 1.20 bits per heavy atom. The van der Waals surface area contributed by atoms with E-state index in [0.717, 1.165) is 35.3 Å². The van der Waals surface area contributed by atoms with E-state index in [9.17, 15) is 9.18 Å². The third-order valence-corrected chi connectivity index (χ3v) is 5.57. The van der Waals surface area contributed by atoms with E-state index in [4.69, 9.17) is 4.74 Å². The number of carbonyl (C=O) groups is 1. The van der Waals surface area contributed by atoms with Gasteiger partial charge in [-0.1, -0.05) is 0 Å². The van der Waals surface area contributed by atoms with Crippen molar-refractivity contribution in [3.8, 4) is 28.1 Å². The molecule has 0 aliphatic heterocycles. The van der Waals surface area contributed by atoms with Crippen LogP contribution in [0.4, 0.5) is 4.39 Å². The predicted molar refractivity (Wildman–Crippen MR) is 111 cm³/mol. The number of aryl methyl sites for hydroxylation is 1. The lowest BCUT2D eigenvalue weighted by atomic mass is 10.0. The highest BCUT2D eigenvalue weighted by atomic mass is 19.1. The van der Waals surface area contributed by atoms with E-state index in [1.165, 1.54) is 13.2 Å². The van der Waals surface area contributed by atoms with Crippen LogP contribution in [-0.4, -0.2) is 32.1 Å². The summed E-state index contributed by atoms with van der Waals surface area (Å²) in [4.78, 5) is 17.0. The van der Waals surface area contributed by atoms with Crippen molar-refractivity contribution in [3.05, 3.63) is 60.4 Å². The molecule has 0 spiro atoms. The van der Waals surface area contributed by atoms with Crippen LogP contribution < -0.4 is 4.74 Å². The monoisotopic (exact) mass is 404 g/mol. The van der Waals surface area contributed by atoms with Gasteiger partial charge in [-0.05, 0) is 48.6 Å². The average molecular weight is 404 g/mol. The highest BCUT2D eigenvalue weighted by Crippen LogP contribution is 2.37. The zero-order valence-electron chi connectivity index (χ0n) is 16.8. The molecule has 6 nitrogen and oxygen atoms in total. The molecule has 1 aliphatic carbocycles. The van der Waals surface area contributed by atoms with E-state index in [2.05, 4.69) is 10.1 Å². The molecule has 3 aromatic heterocycles. The fourth-order valence-electron chi connectivity index (χ4n) is 3.79. The first-order valence-electron chi connectivity index (χ1n) is 9.90. The fourth-order valence-corrected chi connectivity index (χ4v) is 3.79. The highest BCUT2D eigenvalue weighted by Gasteiger charge is 2.28. The van der Waals surface area contributed by atoms with Crippen molar-refractivity contribution in [2.75, 3.05) is 7.11 Å². The van der Waals surface area contributed by atoms with Crippen LogP contribution in [0.5, 0.6) is 5.75 Å². The van der Waals surface area contributed by atoms with Gasteiger partial charge in [0.2, 0.25) is 0 Å². The van der Waals surface area contributed by atoms with E-state index < -0.39 is 5.82 Å². The van der Waals surface area contributed by atoms with Crippen LogP contribution in [0.15, 0.2) is 49.1 Å². The van der Waals surface area contributed by atoms with Crippen molar-refractivity contribution in [2.24, 2.45) is 13.0 Å². The van der Waals surface area contributed by atoms with Gasteiger partial charge >= 0.3 is 0 Å². The first-order chi connectivity index (χ1) is 14.5. The van der Waals surface area contributed by atoms with Gasteiger partial charge in [0.15, 0.2) is 5.78 Å². The summed E-state index contributed by atoms with van der Waals surface area (Å²) >= 11 is 0. The SMILES string of the molecule is COc1cc(-c2cnc3cc(-c4cnn(C)c4)ccn23)cc(F)c1C(=O)CC1CC1. The summed E-state index contributed by atoms with van der Waals surface area (Å²) in [7, 11) is 3.33. The Hall–Kier alpha value is -3.48. The summed E-state index contributed by atoms with van der Waals surface area (Å²) in [5.41, 5.74) is 4.10. The summed E-state index contributed by atoms with van der Waals surface area (Å²) in [5, 5.41) is 4.21. The average Bonchev–Trinajstić information content (AvgIpc) is 3.27. The minimum absolute atomic E-state index is 0.0424. The first-order valence-corrected chi connectivity index (χ1v) is 9.90. The maximum absolute atomic E-state index is 15.0. The Kier molecular flexibility index (Phi) is 4.38. The highest BCUT2D eigenvalue weighted by molar-refractivity contribution is 6.00. The molecule has 0 radical (unpaired) electrons. The number of pyridine rings is 1. The van der Waals surface area contributed by atoms with E-state index >= 15 is 0 Å². The van der Waals surface area contributed by atoms with Crippen LogP contribution in [-0.2, 0) is 7.05 Å². The molecule has 0 unspecified atom stereocenters. The molecule has 1 aromatic carbocycles. The second-order valence-electron chi connectivity index (χ2n) is 7.80. The molecule has 0 N–H and O–H groups in total. The standard InChI is InChI=1S/C23H21FN4O2/c1-27-13-17(11-26-27)15-5-6-28-19(12-25-22(28)10-15)16-8-18(24)23(21(9-16)30-2)20(29)7-14-3-4-14/h5-6,8-14H,3-4,7H2,1-2H3. The molecule has 5 rings (SSSR count). The van der Waals surface area contributed by atoms with Gasteiger partial charge in [0, 0.05) is 37.0 Å². The summed E-state index contributed by atoms with van der Waals surface area (Å²) in [5.74, 6) is -0.110. The number of carbonyl (C=O) groups excluding carboxylic acids is 1. The van der Waals surface area contributed by atoms with Crippen molar-refractivity contribution in [2.45, 2.75) is 19.3 Å². The molecular weight excluding hydrogens is 383 g/mol. The summed E-state index contributed by atoms with van der Waals surface area (Å²) < 4.78 is 24.0. The number of hydrogen-bond acceptors (Lipinski definition) is 4. The molecule has 0 amide bonds. The molecule has 0 saturated heterocycles. The number of rotatable bonds is 6. The number of fused-ring (bicyclic) bond motifs is 1. The van der Waals surface area contributed by atoms with Crippen LogP contribution in [0.2, 0.25) is 0 Å². The first kappa shape index (κ1) is 18.5. The Morgan fingerprint density at radius 3 is 2.73 bits per heavy atom. The lowest BCUT2D eigenvalue weighted by molar-refractivity contribution is 0.0969. The number of Topliss-reactive ketones (excluding diaryl/α,β-unsaturated/α-hetero) is 1. The fraction of sp³-hybridized carbons (Fsp3) is 0.261. The smallest absolute Gasteiger partial charge is 0.169 e. The van der Waals surface area contributed by atoms with Gasteiger partial charge in [-0.15, -0.1) is 0 Å². The summed E-state index contributed by atoms with van der Waals surface area (Å²) in [6.45, 7) is 0. The molecule has 3 heterocycles. The van der Waals surface area contributed by atoms with Gasteiger partial charge in [0.1, 0.15) is 17.2 Å². The molecule has 1 aliphatic rings. The lowest BCUT2D eigenvalue weighted by Crippen LogP contribution is -2.07. The Bertz CT molecular complexity index is 1270. The number of halogens is 1. The topological polar surface area (TPSA) is 61.4 Å². The third-order valence-electron chi connectivity index (χ3n) is 5.57. The van der Waals surface area contributed by atoms with Crippen LogP contribution in [0.1, 0.15) is 29.6 Å². The maximum atomic E-state index is 15.0. The molecule has 7 heteroatoms. The molecule has 0 bridgehead atoms. The van der Waals surface area contributed by atoms with Crippen molar-refractivity contribution in [3.63, 3.8) is 0 Å². The van der Waals surface area contributed by atoms with Gasteiger partial charge in [0.05, 0.1) is 30.8 Å². The number of ketones is 1. The largest absolute Gasteiger partial charge is 0.496 e. The van der Waals surface area contributed by atoms with Gasteiger partial charge < -0.3 is 4.74 Å². The molecule has 1 fully saturated rings. The molecular formula is C23H21FN4O2. The molecule has 4 aromatic rings. The van der Waals surface area contributed by atoms with Crippen molar-refractivity contribution < 1.29 is 13.9 Å². The second-order valence-corrected chi connectivity index (χ2v) is 7.80. The van der Waals surface area contributed by atoms with E-state index in [1.54, 1.807) is 23.1 Å². The Morgan fingerprint density at radius 2 is 2.03 bits per heavy atom. The zero-order chi connectivity index (χ0) is 20.8. The second kappa shape index (κ2) is 7.09. The minimum Gasteiger partial charge on any atom is -0.496 e. The van der Waals surface area contributed by atoms with Gasteiger partial charge in [-0.25, -0.2) is 9.37 Å². The number of hydrogen-bond donors (Lipinski definition) is 0. The summed E-state index contributed by atoms with van der Waals surface area (Å²) in [6.07, 6.45) is 9.78. The van der Waals surface area contributed by atoms with Crippen LogP contribution in [0, 0.1) is 11.7 Å². The lowest BCUT2D eigenvalue weighted by Gasteiger charge is -2.12. The maximum Gasteiger partial charge on any atom is 0.169 e. The predicted octanol–water partition coefficient (Wildman–Crippen LogP) is 4.53. The summed E-state index contributed by atoms with van der Waals surface area (Å²) in [6, 6.07) is 7.03. The van der Waals surface area contributed by atoms with Crippen molar-refractivity contribution in [1.82, 2.24) is 19.2 Å². The van der Waals surface area contributed by atoms with Gasteiger partial charge in [-0.2, -0.15) is 5.10 Å². The Labute approximate surface area is 172 Å². The quantitative estimate of drug-likeness (QED) is 0.443. The minimum atomic E-state index is -0.558. The number of imidazole rings is 1. The van der Waals surface area contributed by atoms with Gasteiger partial charge in [-0.3, -0.25) is 13.9 Å². The number of nitrogens with zero attached hydrogens (tertiary/aromatic N) is 4. The number of ether oxygens (including phenoxy) is 1. The van der Waals surface area contributed by atoms with Crippen LogP contribution in [0.25, 0.3) is 28.0 Å². The molecule has 0 atom stereocenters. The third kappa shape index (κ3) is 3.26. The zero-order valence-corrected chi connectivity index (χ0v) is 16.8. The van der Waals surface area contributed by atoms with Crippen molar-refractivity contribution >= 4 is 11.4 Å². The van der Waals surface area contributed by atoms with E-state index in [1.807, 2.05) is 36.0 Å². The normalized spacial score (nSPS) is 13.7. The van der Waals surface area contributed by atoms with Crippen LogP contribution in [0.3, 0.4) is 0 Å². The number of benzene rings is 1. The van der Waals surface area contributed by atoms with Crippen molar-refractivity contribution in [1.29, 1.82) is 0 Å². The molecule has 152 valence electrons. The van der Waals surface area contributed by atoms with Crippen LogP contribution >= 0.6 is 0 Å². The molecule has 30 heavy (non-hydrogen) atoms. The van der Waals surface area contributed by atoms with E-state index in [0.29, 0.717) is 17.9 Å².